The predicted octanol–water partition coefficient (Wildman–Crippen LogP) is 1.81. The van der Waals surface area contributed by atoms with E-state index in [1.165, 1.54) is 5.56 Å². The van der Waals surface area contributed by atoms with E-state index in [1.807, 2.05) is 18.2 Å². The average molecular weight is 276 g/mol. The standard InChI is InChI=1S/C13H14ClN5/c14-9-3-1-2-8(4-9)5-19-6-10-11(7-19)17-13(16)18-12(10)15/h1-4H,5-7H2,(H4,15,16,17,18). The Morgan fingerprint density at radius 3 is 2.84 bits per heavy atom. The number of hydrogen-bond donors (Lipinski definition) is 2. The molecule has 0 radical (unpaired) electrons. The van der Waals surface area contributed by atoms with Gasteiger partial charge in [-0.1, -0.05) is 23.7 Å². The van der Waals surface area contributed by atoms with E-state index in [4.69, 9.17) is 23.1 Å². The molecule has 0 spiro atoms. The zero-order valence-corrected chi connectivity index (χ0v) is 11.1. The van der Waals surface area contributed by atoms with Gasteiger partial charge in [0.25, 0.3) is 0 Å². The maximum atomic E-state index is 5.99. The summed E-state index contributed by atoms with van der Waals surface area (Å²) in [7, 11) is 0. The molecule has 0 atom stereocenters. The van der Waals surface area contributed by atoms with E-state index in [9.17, 15) is 0 Å². The van der Waals surface area contributed by atoms with Crippen LogP contribution in [0.3, 0.4) is 0 Å². The molecule has 1 aromatic heterocycles. The van der Waals surface area contributed by atoms with Crippen LogP contribution in [0.1, 0.15) is 16.8 Å². The van der Waals surface area contributed by atoms with Crippen molar-refractivity contribution in [3.8, 4) is 0 Å². The second kappa shape index (κ2) is 4.68. The molecule has 5 nitrogen and oxygen atoms in total. The summed E-state index contributed by atoms with van der Waals surface area (Å²) in [6.07, 6.45) is 0. The third kappa shape index (κ3) is 2.47. The first-order chi connectivity index (χ1) is 9.11. The summed E-state index contributed by atoms with van der Waals surface area (Å²) in [6.45, 7) is 2.28. The first kappa shape index (κ1) is 12.2. The maximum Gasteiger partial charge on any atom is 0.222 e. The smallest absolute Gasteiger partial charge is 0.222 e. The van der Waals surface area contributed by atoms with Crippen LogP contribution in [0.25, 0.3) is 0 Å². The van der Waals surface area contributed by atoms with Gasteiger partial charge in [-0.15, -0.1) is 0 Å². The highest BCUT2D eigenvalue weighted by atomic mass is 35.5. The van der Waals surface area contributed by atoms with Crippen molar-refractivity contribution in [2.75, 3.05) is 11.5 Å². The van der Waals surface area contributed by atoms with Gasteiger partial charge in [0.05, 0.1) is 5.69 Å². The van der Waals surface area contributed by atoms with Gasteiger partial charge in [-0.25, -0.2) is 4.98 Å². The molecule has 1 aliphatic rings. The lowest BCUT2D eigenvalue weighted by atomic mass is 10.2. The highest BCUT2D eigenvalue weighted by molar-refractivity contribution is 6.30. The van der Waals surface area contributed by atoms with Crippen LogP contribution in [0.2, 0.25) is 5.02 Å². The highest BCUT2D eigenvalue weighted by Crippen LogP contribution is 2.27. The molecule has 1 aromatic carbocycles. The lowest BCUT2D eigenvalue weighted by molar-refractivity contribution is 0.274. The average Bonchev–Trinajstić information content (AvgIpc) is 2.71. The minimum Gasteiger partial charge on any atom is -0.383 e. The number of benzene rings is 1. The van der Waals surface area contributed by atoms with Crippen molar-refractivity contribution in [1.82, 2.24) is 14.9 Å². The number of halogens is 1. The molecule has 1 aliphatic heterocycles. The van der Waals surface area contributed by atoms with Gasteiger partial charge in [0.15, 0.2) is 0 Å². The molecule has 3 rings (SSSR count). The van der Waals surface area contributed by atoms with Gasteiger partial charge >= 0.3 is 0 Å². The molecule has 0 aliphatic carbocycles. The molecule has 0 saturated carbocycles. The number of nitrogens with two attached hydrogens (primary N) is 2. The Balaban J connectivity index is 1.79. The van der Waals surface area contributed by atoms with Crippen molar-refractivity contribution >= 4 is 23.4 Å². The molecule has 2 aromatic rings. The van der Waals surface area contributed by atoms with E-state index in [0.29, 0.717) is 5.82 Å². The second-order valence-electron chi connectivity index (χ2n) is 4.67. The summed E-state index contributed by atoms with van der Waals surface area (Å²) in [6, 6.07) is 7.84. The lowest BCUT2D eigenvalue weighted by Crippen LogP contribution is -2.15. The zero-order chi connectivity index (χ0) is 13.4. The fourth-order valence-corrected chi connectivity index (χ4v) is 2.58. The molecule has 19 heavy (non-hydrogen) atoms. The third-order valence-corrected chi connectivity index (χ3v) is 3.43. The summed E-state index contributed by atoms with van der Waals surface area (Å²) >= 11 is 5.99. The van der Waals surface area contributed by atoms with E-state index in [0.717, 1.165) is 35.9 Å². The topological polar surface area (TPSA) is 81.1 Å². The third-order valence-electron chi connectivity index (χ3n) is 3.19. The number of nitrogens with zero attached hydrogens (tertiary/aromatic N) is 3. The van der Waals surface area contributed by atoms with Gasteiger partial charge in [-0.3, -0.25) is 4.90 Å². The Morgan fingerprint density at radius 1 is 1.21 bits per heavy atom. The van der Waals surface area contributed by atoms with Gasteiger partial charge < -0.3 is 11.5 Å². The summed E-state index contributed by atoms with van der Waals surface area (Å²) < 4.78 is 0. The molecule has 0 bridgehead atoms. The summed E-state index contributed by atoms with van der Waals surface area (Å²) in [5.41, 5.74) is 14.6. The van der Waals surface area contributed by atoms with Gasteiger partial charge in [0.1, 0.15) is 5.82 Å². The maximum absolute atomic E-state index is 5.99. The van der Waals surface area contributed by atoms with E-state index in [-0.39, 0.29) is 5.95 Å². The van der Waals surface area contributed by atoms with Crippen LogP contribution in [0.5, 0.6) is 0 Å². The Kier molecular flexibility index (Phi) is 3.00. The van der Waals surface area contributed by atoms with Crippen molar-refractivity contribution in [2.45, 2.75) is 19.6 Å². The number of anilines is 2. The number of hydrogen-bond acceptors (Lipinski definition) is 5. The SMILES string of the molecule is Nc1nc(N)c2c(n1)CN(Cc1cccc(Cl)c1)C2. The Hall–Kier alpha value is -1.85. The van der Waals surface area contributed by atoms with Gasteiger partial charge in [-0.2, -0.15) is 4.98 Å². The number of rotatable bonds is 2. The predicted molar refractivity (Wildman–Crippen MR) is 75.3 cm³/mol. The van der Waals surface area contributed by atoms with Crippen LogP contribution in [0.15, 0.2) is 24.3 Å². The molecule has 0 fully saturated rings. The Labute approximate surface area is 116 Å². The van der Waals surface area contributed by atoms with Crippen LogP contribution in [0.4, 0.5) is 11.8 Å². The molecule has 0 saturated heterocycles. The number of fused-ring (bicyclic) bond motifs is 1. The first-order valence-electron chi connectivity index (χ1n) is 5.99. The van der Waals surface area contributed by atoms with Crippen molar-refractivity contribution in [2.24, 2.45) is 0 Å². The Morgan fingerprint density at radius 2 is 2.05 bits per heavy atom. The fourth-order valence-electron chi connectivity index (χ4n) is 2.37. The fraction of sp³-hybridized carbons (Fsp3) is 0.231. The first-order valence-corrected chi connectivity index (χ1v) is 6.37. The van der Waals surface area contributed by atoms with E-state index < -0.39 is 0 Å². The minimum atomic E-state index is 0.237. The molecular formula is C13H14ClN5. The zero-order valence-electron chi connectivity index (χ0n) is 10.3. The van der Waals surface area contributed by atoms with Crippen LogP contribution in [-0.4, -0.2) is 14.9 Å². The van der Waals surface area contributed by atoms with Crippen molar-refractivity contribution in [3.63, 3.8) is 0 Å². The van der Waals surface area contributed by atoms with Crippen molar-refractivity contribution in [3.05, 3.63) is 46.1 Å². The summed E-state index contributed by atoms with van der Waals surface area (Å²) in [5.74, 6) is 0.719. The van der Waals surface area contributed by atoms with Crippen molar-refractivity contribution in [1.29, 1.82) is 0 Å². The molecule has 0 amide bonds. The molecule has 2 heterocycles. The molecule has 98 valence electrons. The number of nitrogen functional groups attached to an aromatic ring is 2. The quantitative estimate of drug-likeness (QED) is 0.874. The molecule has 0 unspecified atom stereocenters. The molecule has 4 N–H and O–H groups in total. The van der Waals surface area contributed by atoms with Gasteiger partial charge in [-0.05, 0) is 17.7 Å². The number of aromatic nitrogens is 2. The Bertz CT molecular complexity index is 628. The van der Waals surface area contributed by atoms with Gasteiger partial charge in [0, 0.05) is 30.2 Å². The van der Waals surface area contributed by atoms with Crippen molar-refractivity contribution < 1.29 is 0 Å². The van der Waals surface area contributed by atoms with E-state index >= 15 is 0 Å². The van der Waals surface area contributed by atoms with Crippen LogP contribution in [-0.2, 0) is 19.6 Å². The monoisotopic (exact) mass is 275 g/mol. The highest BCUT2D eigenvalue weighted by Gasteiger charge is 2.23. The van der Waals surface area contributed by atoms with Gasteiger partial charge in [0.2, 0.25) is 5.95 Å². The van der Waals surface area contributed by atoms with Crippen LogP contribution < -0.4 is 11.5 Å². The van der Waals surface area contributed by atoms with Crippen LogP contribution >= 0.6 is 11.6 Å². The second-order valence-corrected chi connectivity index (χ2v) is 5.10. The van der Waals surface area contributed by atoms with E-state index in [2.05, 4.69) is 20.9 Å². The largest absolute Gasteiger partial charge is 0.383 e. The minimum absolute atomic E-state index is 0.237. The molecule has 6 heteroatoms. The molecular weight excluding hydrogens is 262 g/mol. The summed E-state index contributed by atoms with van der Waals surface area (Å²) in [5, 5.41) is 0.748. The van der Waals surface area contributed by atoms with Crippen LogP contribution in [0, 0.1) is 0 Å². The lowest BCUT2D eigenvalue weighted by Gasteiger charge is -2.14. The van der Waals surface area contributed by atoms with E-state index in [1.54, 1.807) is 0 Å². The normalized spacial score (nSPS) is 14.6. The summed E-state index contributed by atoms with van der Waals surface area (Å²) in [4.78, 5) is 10.5.